The van der Waals surface area contributed by atoms with Crippen LogP contribution in [0.4, 0.5) is 0 Å². The number of carbonyl (C=O) groups excluding carboxylic acids is 1. The van der Waals surface area contributed by atoms with Gasteiger partial charge in [-0.25, -0.2) is 4.79 Å². The van der Waals surface area contributed by atoms with E-state index < -0.39 is 13.7 Å². The van der Waals surface area contributed by atoms with E-state index in [0.717, 1.165) is 6.08 Å². The Morgan fingerprint density at radius 3 is 2.50 bits per heavy atom. The van der Waals surface area contributed by atoms with Crippen LogP contribution in [0.5, 0.6) is 0 Å². The van der Waals surface area contributed by atoms with Gasteiger partial charge >= 0.3 is 11.4 Å². The molecule has 0 aromatic heterocycles. The van der Waals surface area contributed by atoms with Gasteiger partial charge in [-0.15, -0.1) is 0 Å². The predicted octanol–water partition coefficient (Wildman–Crippen LogP) is -0.699. The summed E-state index contributed by atoms with van der Waals surface area (Å²) in [5.74, 6) is -0.621. The number of quaternary nitrogens is 1. The summed E-state index contributed by atoms with van der Waals surface area (Å²) in [4.78, 5) is 22.8. The Labute approximate surface area is 97.0 Å². The third-order valence-corrected chi connectivity index (χ3v) is 2.97. The molecule has 0 bridgehead atoms. The van der Waals surface area contributed by atoms with E-state index in [-0.39, 0.29) is 18.2 Å². The zero-order valence-electron chi connectivity index (χ0n) is 9.97. The molecule has 0 aliphatic heterocycles. The highest BCUT2D eigenvalue weighted by molar-refractivity contribution is 7.51. The minimum absolute atomic E-state index is 0.106. The topological polar surface area (TPSA) is 69.6 Å². The van der Waals surface area contributed by atoms with E-state index >= 15 is 0 Å². The van der Waals surface area contributed by atoms with E-state index in [1.165, 1.54) is 0 Å². The first kappa shape index (κ1) is 15.3. The molecule has 0 radical (unpaired) electrons. The SMILES string of the molecule is C=CC(=O)O/C(C[N+](C)(C)C)=[P+](\[O-])CCO. The van der Waals surface area contributed by atoms with Gasteiger partial charge in [0, 0.05) is 6.08 Å². The molecule has 0 saturated carbocycles. The molecule has 1 atom stereocenters. The summed E-state index contributed by atoms with van der Waals surface area (Å²) in [5, 5.41) is 8.71. The van der Waals surface area contributed by atoms with Gasteiger partial charge in [-0.2, -0.15) is 0 Å². The van der Waals surface area contributed by atoms with Gasteiger partial charge in [-0.05, 0) is 0 Å². The molecule has 16 heavy (non-hydrogen) atoms. The van der Waals surface area contributed by atoms with Crippen LogP contribution in [0.2, 0.25) is 0 Å². The fourth-order valence-electron chi connectivity index (χ4n) is 0.941. The lowest BCUT2D eigenvalue weighted by Crippen LogP contribution is -2.41. The Kier molecular flexibility index (Phi) is 6.45. The Bertz CT molecular complexity index is 294. The van der Waals surface area contributed by atoms with Crippen LogP contribution >= 0.6 is 7.77 Å². The molecule has 0 saturated heterocycles. The summed E-state index contributed by atoms with van der Waals surface area (Å²) in [6.07, 6.45) is 1.13. The molecule has 1 N–H and O–H groups in total. The average molecular weight is 248 g/mol. The number of hydrogen-bond donors (Lipinski definition) is 1. The minimum Gasteiger partial charge on any atom is -0.628 e. The zero-order chi connectivity index (χ0) is 12.8. The van der Waals surface area contributed by atoms with Crippen LogP contribution in [0, 0.1) is 0 Å². The summed E-state index contributed by atoms with van der Waals surface area (Å²) in [6, 6.07) is 0. The summed E-state index contributed by atoms with van der Waals surface area (Å²) in [7, 11) is 3.84. The molecule has 0 rings (SSSR count). The first-order valence-corrected chi connectivity index (χ1v) is 6.30. The van der Waals surface area contributed by atoms with Crippen LogP contribution in [0.25, 0.3) is 0 Å². The number of rotatable bonds is 6. The van der Waals surface area contributed by atoms with Gasteiger partial charge in [0.1, 0.15) is 13.9 Å². The normalized spacial score (nSPS) is 13.1. The van der Waals surface area contributed by atoms with Crippen molar-refractivity contribution in [1.29, 1.82) is 0 Å². The molecule has 0 fully saturated rings. The van der Waals surface area contributed by atoms with Gasteiger partial charge in [0.05, 0.1) is 27.7 Å². The number of hydrogen-bond acceptors (Lipinski definition) is 4. The van der Waals surface area contributed by atoms with Crippen LogP contribution in [0.1, 0.15) is 0 Å². The first-order chi connectivity index (χ1) is 7.30. The number of ether oxygens (including phenoxy) is 1. The molecule has 0 amide bonds. The van der Waals surface area contributed by atoms with Gasteiger partial charge in [0.2, 0.25) is 0 Å². The molecule has 0 aromatic rings. The van der Waals surface area contributed by atoms with E-state index in [0.29, 0.717) is 11.0 Å². The fourth-order valence-corrected chi connectivity index (χ4v) is 2.15. The summed E-state index contributed by atoms with van der Waals surface area (Å²) >= 11 is 0. The highest BCUT2D eigenvalue weighted by Crippen LogP contribution is 2.15. The lowest BCUT2D eigenvalue weighted by Gasteiger charge is -2.23. The van der Waals surface area contributed by atoms with Gasteiger partial charge in [0.25, 0.3) is 0 Å². The lowest BCUT2D eigenvalue weighted by atomic mass is 10.5. The number of carbonyl (C=O) groups is 1. The quantitative estimate of drug-likeness (QED) is 0.292. The van der Waals surface area contributed by atoms with Crippen molar-refractivity contribution in [2.75, 3.05) is 40.5 Å². The molecule has 0 aliphatic carbocycles. The number of esters is 1. The lowest BCUT2D eigenvalue weighted by molar-refractivity contribution is -0.861. The van der Waals surface area contributed by atoms with Crippen LogP contribution < -0.4 is 4.89 Å². The zero-order valence-corrected chi connectivity index (χ0v) is 10.9. The second-order valence-corrected chi connectivity index (χ2v) is 6.00. The Morgan fingerprint density at radius 1 is 1.56 bits per heavy atom. The Morgan fingerprint density at radius 2 is 2.12 bits per heavy atom. The maximum Gasteiger partial charge on any atom is 0.338 e. The van der Waals surface area contributed by atoms with Crippen LogP contribution in [0.15, 0.2) is 12.7 Å². The smallest absolute Gasteiger partial charge is 0.338 e. The van der Waals surface area contributed by atoms with Crippen LogP contribution in [-0.2, 0) is 9.53 Å². The van der Waals surface area contributed by atoms with Crippen molar-refractivity contribution in [3.05, 3.63) is 12.7 Å². The molecule has 6 heteroatoms. The second-order valence-electron chi connectivity index (χ2n) is 4.29. The monoisotopic (exact) mass is 248 g/mol. The van der Waals surface area contributed by atoms with Crippen molar-refractivity contribution < 1.29 is 24.0 Å². The molecule has 5 nitrogen and oxygen atoms in total. The number of aliphatic hydroxyl groups excluding tert-OH is 1. The van der Waals surface area contributed by atoms with Crippen LogP contribution in [-0.4, -0.2) is 61.5 Å². The molecule has 0 aromatic carbocycles. The molecule has 92 valence electrons. The van der Waals surface area contributed by atoms with E-state index in [1.807, 2.05) is 21.1 Å². The largest absolute Gasteiger partial charge is 0.628 e. The third-order valence-electron chi connectivity index (χ3n) is 1.58. The van der Waals surface area contributed by atoms with Gasteiger partial charge in [0.15, 0.2) is 6.54 Å². The van der Waals surface area contributed by atoms with Crippen molar-refractivity contribution >= 4 is 19.2 Å². The van der Waals surface area contributed by atoms with Gasteiger partial charge in [-0.3, -0.25) is 0 Å². The van der Waals surface area contributed by atoms with Gasteiger partial charge < -0.3 is 19.2 Å². The average Bonchev–Trinajstić information content (AvgIpc) is 2.14. The Balaban J connectivity index is 4.83. The Hall–Kier alpha value is -0.740. The van der Waals surface area contributed by atoms with Crippen molar-refractivity contribution in [2.45, 2.75) is 0 Å². The maximum atomic E-state index is 11.7. The van der Waals surface area contributed by atoms with E-state index in [4.69, 9.17) is 9.84 Å². The summed E-state index contributed by atoms with van der Waals surface area (Å²) < 4.78 is 5.43. The molecular formula is C10H19NO4P+. The predicted molar refractivity (Wildman–Crippen MR) is 63.1 cm³/mol. The highest BCUT2D eigenvalue weighted by atomic mass is 31.1. The summed E-state index contributed by atoms with van der Waals surface area (Å²) in [6.45, 7) is 3.44. The fraction of sp³-hybridized carbons (Fsp3) is 0.600. The molecule has 0 heterocycles. The minimum atomic E-state index is -1.84. The van der Waals surface area contributed by atoms with Crippen molar-refractivity contribution in [2.24, 2.45) is 0 Å². The first-order valence-electron chi connectivity index (χ1n) is 4.86. The number of nitrogens with zero attached hydrogens (tertiary/aromatic N) is 1. The molecular weight excluding hydrogens is 229 g/mol. The van der Waals surface area contributed by atoms with Gasteiger partial charge in [-0.1, -0.05) is 6.58 Å². The number of likely N-dealkylation sites (N-methyl/N-ethyl adjacent to an activating group) is 1. The number of aliphatic hydroxyl groups is 1. The van der Waals surface area contributed by atoms with Crippen molar-refractivity contribution in [3.63, 3.8) is 0 Å². The molecule has 0 spiro atoms. The van der Waals surface area contributed by atoms with E-state index in [9.17, 15) is 9.69 Å². The van der Waals surface area contributed by atoms with E-state index in [2.05, 4.69) is 6.58 Å². The van der Waals surface area contributed by atoms with E-state index in [1.54, 1.807) is 0 Å². The second kappa shape index (κ2) is 6.76. The highest BCUT2D eigenvalue weighted by Gasteiger charge is 2.22. The third kappa shape index (κ3) is 6.69. The van der Waals surface area contributed by atoms with Crippen molar-refractivity contribution in [1.82, 2.24) is 0 Å². The van der Waals surface area contributed by atoms with Crippen LogP contribution in [0.3, 0.4) is 0 Å². The molecule has 1 unspecified atom stereocenters. The molecule has 0 aliphatic rings. The summed E-state index contributed by atoms with van der Waals surface area (Å²) in [5.41, 5.74) is 0.210. The standard InChI is InChI=1S/C10H19NO4P/c1-5-9(13)15-10(8-11(2,3)4)16(14)7-6-12/h5,12H,1,6-8H2,2-4H3/q+1. The maximum absolute atomic E-state index is 11.7. The van der Waals surface area contributed by atoms with Crippen molar-refractivity contribution in [3.8, 4) is 0 Å².